The highest BCUT2D eigenvalue weighted by atomic mass is 32.2. The van der Waals surface area contributed by atoms with Crippen molar-refractivity contribution in [1.82, 2.24) is 16.2 Å². The molecular formula is C23H30N4O3S2. The van der Waals surface area contributed by atoms with Crippen molar-refractivity contribution >= 4 is 38.9 Å². The molecule has 2 aromatic carbocycles. The van der Waals surface area contributed by atoms with E-state index in [1.165, 1.54) is 43.5 Å². The zero-order valence-electron chi connectivity index (χ0n) is 18.6. The molecule has 9 heteroatoms. The van der Waals surface area contributed by atoms with E-state index in [4.69, 9.17) is 12.2 Å². The summed E-state index contributed by atoms with van der Waals surface area (Å²) in [6.07, 6.45) is 4.64. The van der Waals surface area contributed by atoms with Crippen molar-refractivity contribution < 1.29 is 13.2 Å². The Balaban J connectivity index is 1.56. The maximum absolute atomic E-state index is 12.7. The van der Waals surface area contributed by atoms with Gasteiger partial charge in [0.25, 0.3) is 15.9 Å². The minimum absolute atomic E-state index is 0.0729. The molecule has 2 atom stereocenters. The number of carbonyl (C=O) groups is 1. The fourth-order valence-electron chi connectivity index (χ4n) is 3.73. The molecule has 1 saturated carbocycles. The van der Waals surface area contributed by atoms with Gasteiger partial charge in [-0.25, -0.2) is 8.42 Å². The molecule has 1 aliphatic rings. The van der Waals surface area contributed by atoms with Crippen LogP contribution in [-0.2, 0) is 10.0 Å². The van der Waals surface area contributed by atoms with Crippen molar-refractivity contribution in [2.75, 3.05) is 4.72 Å². The number of carbonyl (C=O) groups excluding carboxylic acids is 1. The van der Waals surface area contributed by atoms with E-state index >= 15 is 0 Å². The third-order valence-corrected chi connectivity index (χ3v) is 7.52. The van der Waals surface area contributed by atoms with Crippen LogP contribution >= 0.6 is 12.2 Å². The molecule has 1 fully saturated rings. The Morgan fingerprint density at radius 1 is 0.969 bits per heavy atom. The van der Waals surface area contributed by atoms with Crippen molar-refractivity contribution in [3.63, 3.8) is 0 Å². The average molecular weight is 475 g/mol. The summed E-state index contributed by atoms with van der Waals surface area (Å²) >= 11 is 5.28. The van der Waals surface area contributed by atoms with Gasteiger partial charge in [0, 0.05) is 17.3 Å². The highest BCUT2D eigenvalue weighted by Gasteiger charge is 2.22. The zero-order chi connectivity index (χ0) is 23.3. The number of hydrogen-bond donors (Lipinski definition) is 4. The van der Waals surface area contributed by atoms with E-state index in [2.05, 4.69) is 27.8 Å². The van der Waals surface area contributed by atoms with Gasteiger partial charge in [0.15, 0.2) is 5.11 Å². The highest BCUT2D eigenvalue weighted by molar-refractivity contribution is 7.92. The van der Waals surface area contributed by atoms with Crippen molar-refractivity contribution in [1.29, 1.82) is 0 Å². The Hall–Kier alpha value is -2.65. The van der Waals surface area contributed by atoms with Crippen LogP contribution in [-0.4, -0.2) is 25.5 Å². The van der Waals surface area contributed by atoms with Gasteiger partial charge in [-0.05, 0) is 92.4 Å². The minimum atomic E-state index is -3.76. The number of hydrazine groups is 1. The molecule has 1 amide bonds. The van der Waals surface area contributed by atoms with Crippen LogP contribution in [0.1, 0.15) is 54.1 Å². The predicted octanol–water partition coefficient (Wildman–Crippen LogP) is 3.79. The van der Waals surface area contributed by atoms with Gasteiger partial charge in [0.1, 0.15) is 0 Å². The SMILES string of the molecule is Cc1ccc(NS(=O)(=O)c2ccc(C(=O)NNC(=S)NC3CCCCC3C)cc2)cc1C. The molecule has 0 aromatic heterocycles. The van der Waals surface area contributed by atoms with E-state index in [1.54, 1.807) is 12.1 Å². The minimum Gasteiger partial charge on any atom is -0.358 e. The zero-order valence-corrected chi connectivity index (χ0v) is 20.2. The quantitative estimate of drug-likeness (QED) is 0.389. The highest BCUT2D eigenvalue weighted by Crippen LogP contribution is 2.23. The van der Waals surface area contributed by atoms with Gasteiger partial charge in [-0.1, -0.05) is 25.8 Å². The summed E-state index contributed by atoms with van der Waals surface area (Å²) in [6, 6.07) is 11.4. The molecule has 0 spiro atoms. The molecular weight excluding hydrogens is 444 g/mol. The van der Waals surface area contributed by atoms with E-state index < -0.39 is 15.9 Å². The number of aryl methyl sites for hydroxylation is 2. The van der Waals surface area contributed by atoms with Crippen LogP contribution in [0.25, 0.3) is 0 Å². The van der Waals surface area contributed by atoms with E-state index in [9.17, 15) is 13.2 Å². The summed E-state index contributed by atoms with van der Waals surface area (Å²) in [4.78, 5) is 12.5. The lowest BCUT2D eigenvalue weighted by molar-refractivity contribution is 0.0943. The van der Waals surface area contributed by atoms with Gasteiger partial charge in [-0.3, -0.25) is 20.4 Å². The normalized spacial score (nSPS) is 18.5. The molecule has 0 bridgehead atoms. The van der Waals surface area contributed by atoms with Crippen LogP contribution in [0.2, 0.25) is 0 Å². The largest absolute Gasteiger partial charge is 0.358 e. The fraction of sp³-hybridized carbons (Fsp3) is 0.391. The number of anilines is 1. The van der Waals surface area contributed by atoms with Gasteiger partial charge < -0.3 is 5.32 Å². The van der Waals surface area contributed by atoms with E-state index in [0.29, 0.717) is 28.3 Å². The first kappa shape index (κ1) is 24.0. The van der Waals surface area contributed by atoms with Gasteiger partial charge in [0.2, 0.25) is 0 Å². The maximum Gasteiger partial charge on any atom is 0.269 e. The number of sulfonamides is 1. The summed E-state index contributed by atoms with van der Waals surface area (Å²) in [7, 11) is -3.76. The number of nitrogens with one attached hydrogen (secondary N) is 4. The molecule has 1 aliphatic carbocycles. The summed E-state index contributed by atoms with van der Waals surface area (Å²) in [5.41, 5.74) is 8.17. The molecule has 2 aromatic rings. The third kappa shape index (κ3) is 6.20. The van der Waals surface area contributed by atoms with Crippen molar-refractivity contribution in [3.8, 4) is 0 Å². The number of benzene rings is 2. The fourth-order valence-corrected chi connectivity index (χ4v) is 4.98. The Labute approximate surface area is 195 Å². The van der Waals surface area contributed by atoms with Gasteiger partial charge in [-0.15, -0.1) is 0 Å². The standard InChI is InChI=1S/C23H30N4O3S2/c1-15-8-11-19(14-17(15)3)27-32(29,30)20-12-9-18(10-13-20)22(28)25-26-23(31)24-21-7-5-4-6-16(21)2/h8-14,16,21,27H,4-7H2,1-3H3,(H,25,28)(H2,24,26,31). The van der Waals surface area contributed by atoms with E-state index in [0.717, 1.165) is 17.5 Å². The topological polar surface area (TPSA) is 99.3 Å². The summed E-state index contributed by atoms with van der Waals surface area (Å²) in [6.45, 7) is 6.08. The Kier molecular flexibility index (Phi) is 7.73. The summed E-state index contributed by atoms with van der Waals surface area (Å²) in [5.74, 6) is 0.128. The third-order valence-electron chi connectivity index (χ3n) is 5.90. The molecule has 7 nitrogen and oxygen atoms in total. The Bertz CT molecular complexity index is 1080. The molecule has 32 heavy (non-hydrogen) atoms. The second-order valence-corrected chi connectivity index (χ2v) is 10.4. The lowest BCUT2D eigenvalue weighted by atomic mass is 9.86. The van der Waals surface area contributed by atoms with Gasteiger partial charge >= 0.3 is 0 Å². The van der Waals surface area contributed by atoms with Crippen LogP contribution in [0.5, 0.6) is 0 Å². The van der Waals surface area contributed by atoms with Gasteiger partial charge in [-0.2, -0.15) is 0 Å². The maximum atomic E-state index is 12.7. The second kappa shape index (κ2) is 10.3. The van der Waals surface area contributed by atoms with Crippen LogP contribution < -0.4 is 20.9 Å². The second-order valence-electron chi connectivity index (χ2n) is 8.35. The van der Waals surface area contributed by atoms with Crippen molar-refractivity contribution in [2.24, 2.45) is 5.92 Å². The first-order valence-electron chi connectivity index (χ1n) is 10.7. The van der Waals surface area contributed by atoms with Crippen molar-refractivity contribution in [2.45, 2.75) is 57.4 Å². The molecule has 0 heterocycles. The summed E-state index contributed by atoms with van der Waals surface area (Å²) < 4.78 is 27.9. The molecule has 172 valence electrons. The summed E-state index contributed by atoms with van der Waals surface area (Å²) in [5, 5.41) is 3.62. The smallest absolute Gasteiger partial charge is 0.269 e. The predicted molar refractivity (Wildman–Crippen MR) is 131 cm³/mol. The molecule has 0 radical (unpaired) electrons. The number of thiocarbonyl (C=S) groups is 1. The van der Waals surface area contributed by atoms with Crippen LogP contribution in [0.3, 0.4) is 0 Å². The first-order valence-corrected chi connectivity index (χ1v) is 12.6. The Morgan fingerprint density at radius 2 is 1.66 bits per heavy atom. The number of hydrogen-bond acceptors (Lipinski definition) is 4. The number of amides is 1. The van der Waals surface area contributed by atoms with Gasteiger partial charge in [0.05, 0.1) is 4.90 Å². The lowest BCUT2D eigenvalue weighted by Gasteiger charge is -2.30. The number of rotatable bonds is 5. The monoisotopic (exact) mass is 474 g/mol. The van der Waals surface area contributed by atoms with Crippen LogP contribution in [0.4, 0.5) is 5.69 Å². The molecule has 2 unspecified atom stereocenters. The lowest BCUT2D eigenvalue weighted by Crippen LogP contribution is -2.51. The molecule has 4 N–H and O–H groups in total. The Morgan fingerprint density at radius 3 is 2.31 bits per heavy atom. The average Bonchev–Trinajstić information content (AvgIpc) is 2.76. The molecule has 0 saturated heterocycles. The van der Waals surface area contributed by atoms with E-state index in [1.807, 2.05) is 19.9 Å². The first-order chi connectivity index (χ1) is 15.2. The van der Waals surface area contributed by atoms with Crippen LogP contribution in [0.15, 0.2) is 47.4 Å². The van der Waals surface area contributed by atoms with Crippen molar-refractivity contribution in [3.05, 3.63) is 59.2 Å². The van der Waals surface area contributed by atoms with Crippen LogP contribution in [0, 0.1) is 19.8 Å². The molecule has 0 aliphatic heterocycles. The molecule has 3 rings (SSSR count). The van der Waals surface area contributed by atoms with E-state index in [-0.39, 0.29) is 4.90 Å².